The lowest BCUT2D eigenvalue weighted by atomic mass is 10.1. The van der Waals surface area contributed by atoms with E-state index in [0.717, 1.165) is 27.3 Å². The normalized spacial score (nSPS) is 14.9. The van der Waals surface area contributed by atoms with Crippen LogP contribution in [0.2, 0.25) is 0 Å². The highest BCUT2D eigenvalue weighted by Crippen LogP contribution is 2.39. The van der Waals surface area contributed by atoms with E-state index in [1.807, 2.05) is 63.2 Å². The number of nitro groups is 1. The lowest BCUT2D eigenvalue weighted by molar-refractivity contribution is -0.387. The molecule has 33 heavy (non-hydrogen) atoms. The largest absolute Gasteiger partial charge is 0.283 e. The van der Waals surface area contributed by atoms with Crippen molar-refractivity contribution >= 4 is 63.4 Å². The molecule has 3 aromatic rings. The van der Waals surface area contributed by atoms with Gasteiger partial charge >= 0.3 is 0 Å². The topological polar surface area (TPSA) is 63.5 Å². The number of rotatable bonds is 5. The quantitative estimate of drug-likeness (QED) is 0.164. The molecule has 1 fully saturated rings. The first kappa shape index (κ1) is 23.2. The molecule has 1 amide bonds. The zero-order valence-electron chi connectivity index (χ0n) is 18.2. The molecule has 0 aromatic heterocycles. The molecule has 0 saturated carbocycles. The molecule has 166 valence electrons. The number of aryl methyl sites for hydroxylation is 3. The number of nitrogens with zero attached hydrogens (tertiary/aromatic N) is 2. The van der Waals surface area contributed by atoms with Crippen molar-refractivity contribution in [1.82, 2.24) is 0 Å². The van der Waals surface area contributed by atoms with Gasteiger partial charge in [0, 0.05) is 11.0 Å². The van der Waals surface area contributed by atoms with Crippen LogP contribution in [-0.2, 0) is 4.79 Å². The van der Waals surface area contributed by atoms with Gasteiger partial charge in [-0.3, -0.25) is 19.8 Å². The molecule has 1 saturated heterocycles. The van der Waals surface area contributed by atoms with Gasteiger partial charge in [0.15, 0.2) is 4.32 Å². The first-order valence-corrected chi connectivity index (χ1v) is 12.2. The lowest BCUT2D eigenvalue weighted by Gasteiger charge is -2.15. The highest BCUT2D eigenvalue weighted by atomic mass is 32.2. The fourth-order valence-electron chi connectivity index (χ4n) is 3.29. The Labute approximate surface area is 206 Å². The monoisotopic (exact) mass is 492 g/mol. The molecule has 0 spiro atoms. The minimum atomic E-state index is -0.395. The molecule has 0 radical (unpaired) electrons. The second kappa shape index (κ2) is 9.51. The van der Waals surface area contributed by atoms with E-state index in [0.29, 0.717) is 19.7 Å². The van der Waals surface area contributed by atoms with Crippen molar-refractivity contribution in [3.05, 3.63) is 97.9 Å². The Kier molecular flexibility index (Phi) is 6.69. The predicted molar refractivity (Wildman–Crippen MR) is 140 cm³/mol. The van der Waals surface area contributed by atoms with Gasteiger partial charge in [-0.25, -0.2) is 0 Å². The van der Waals surface area contributed by atoms with E-state index in [1.54, 1.807) is 18.2 Å². The van der Waals surface area contributed by atoms with Gasteiger partial charge in [0.05, 0.1) is 20.4 Å². The second-order valence-electron chi connectivity index (χ2n) is 7.69. The van der Waals surface area contributed by atoms with Crippen molar-refractivity contribution in [3.63, 3.8) is 0 Å². The predicted octanol–water partition coefficient (Wildman–Crippen LogP) is 7.08. The summed E-state index contributed by atoms with van der Waals surface area (Å²) in [5, 5.41) is 11.7. The molecule has 0 bridgehead atoms. The van der Waals surface area contributed by atoms with E-state index >= 15 is 0 Å². The van der Waals surface area contributed by atoms with E-state index in [9.17, 15) is 14.9 Å². The van der Waals surface area contributed by atoms with Crippen molar-refractivity contribution in [3.8, 4) is 0 Å². The third-order valence-corrected chi connectivity index (χ3v) is 7.64. The number of hydrogen-bond donors (Lipinski definition) is 0. The van der Waals surface area contributed by atoms with Gasteiger partial charge in [0.25, 0.3) is 11.6 Å². The van der Waals surface area contributed by atoms with Crippen LogP contribution < -0.4 is 4.90 Å². The summed E-state index contributed by atoms with van der Waals surface area (Å²) in [5.41, 5.74) is 4.63. The van der Waals surface area contributed by atoms with Crippen LogP contribution in [-0.4, -0.2) is 15.2 Å². The van der Waals surface area contributed by atoms with Crippen LogP contribution in [0.4, 0.5) is 11.4 Å². The van der Waals surface area contributed by atoms with E-state index in [2.05, 4.69) is 0 Å². The fourth-order valence-corrected chi connectivity index (χ4v) is 5.49. The zero-order chi connectivity index (χ0) is 23.7. The highest BCUT2D eigenvalue weighted by Gasteiger charge is 2.33. The second-order valence-corrected chi connectivity index (χ2v) is 10.5. The molecule has 3 aromatic carbocycles. The highest BCUT2D eigenvalue weighted by molar-refractivity contribution is 8.27. The smallest absolute Gasteiger partial charge is 0.268 e. The number of benzene rings is 3. The molecule has 8 heteroatoms. The molecule has 1 aliphatic heterocycles. The Balaban J connectivity index is 1.63. The summed E-state index contributed by atoms with van der Waals surface area (Å²) >= 11 is 7.99. The molecule has 0 unspecified atom stereocenters. The molecule has 1 aliphatic rings. The van der Waals surface area contributed by atoms with Crippen molar-refractivity contribution in [1.29, 1.82) is 0 Å². The molecule has 0 N–H and O–H groups in total. The molecule has 4 rings (SSSR count). The van der Waals surface area contributed by atoms with Crippen LogP contribution in [0.1, 0.15) is 22.3 Å². The minimum Gasteiger partial charge on any atom is -0.268 e. The average Bonchev–Trinajstić information content (AvgIpc) is 3.05. The van der Waals surface area contributed by atoms with Crippen LogP contribution in [0.5, 0.6) is 0 Å². The van der Waals surface area contributed by atoms with E-state index < -0.39 is 4.92 Å². The number of carbonyl (C=O) groups excluding carboxylic acids is 1. The Bertz CT molecular complexity index is 1320. The third-order valence-electron chi connectivity index (χ3n) is 5.27. The molecule has 0 aliphatic carbocycles. The molecule has 0 atom stereocenters. The van der Waals surface area contributed by atoms with Crippen LogP contribution in [0.15, 0.2) is 75.4 Å². The van der Waals surface area contributed by atoms with Gasteiger partial charge in [0.1, 0.15) is 0 Å². The Morgan fingerprint density at radius 3 is 2.39 bits per heavy atom. The standard InChI is InChI=1S/C25H20N2O3S3/c1-15-4-9-20(10-5-15)32-22-11-7-18(13-21(22)27(29)30)14-23-24(28)26(25(31)33-23)19-8-6-16(2)17(3)12-19/h4-14H,1-3H3/b23-14-. The van der Waals surface area contributed by atoms with Gasteiger partial charge in [-0.1, -0.05) is 65.6 Å². The number of nitro benzene ring substituents is 1. The maximum absolute atomic E-state index is 13.1. The summed E-state index contributed by atoms with van der Waals surface area (Å²) in [6.07, 6.45) is 1.66. The van der Waals surface area contributed by atoms with Crippen LogP contribution in [0.3, 0.4) is 0 Å². The summed E-state index contributed by atoms with van der Waals surface area (Å²) in [5.74, 6) is -0.228. The third kappa shape index (κ3) is 5.03. The summed E-state index contributed by atoms with van der Waals surface area (Å²) in [7, 11) is 0. The Hall–Kier alpha value is -2.94. The van der Waals surface area contributed by atoms with E-state index in [4.69, 9.17) is 12.2 Å². The van der Waals surface area contributed by atoms with Crippen molar-refractivity contribution in [2.45, 2.75) is 30.6 Å². The number of amides is 1. The average molecular weight is 493 g/mol. The van der Waals surface area contributed by atoms with E-state index in [-0.39, 0.29) is 11.6 Å². The molecular formula is C25H20N2O3S3. The zero-order valence-corrected chi connectivity index (χ0v) is 20.6. The molecule has 1 heterocycles. The minimum absolute atomic E-state index is 0.000960. The van der Waals surface area contributed by atoms with Crippen molar-refractivity contribution < 1.29 is 9.72 Å². The van der Waals surface area contributed by atoms with Gasteiger partial charge in [-0.15, -0.1) is 0 Å². The van der Waals surface area contributed by atoms with Gasteiger partial charge in [-0.05, 0) is 73.9 Å². The summed E-state index contributed by atoms with van der Waals surface area (Å²) in [6, 6.07) is 18.6. The number of thioether (sulfide) groups is 1. The Morgan fingerprint density at radius 2 is 1.73 bits per heavy atom. The van der Waals surface area contributed by atoms with Crippen LogP contribution in [0, 0.1) is 30.9 Å². The maximum Gasteiger partial charge on any atom is 0.283 e. The Morgan fingerprint density at radius 1 is 1.00 bits per heavy atom. The number of thiocarbonyl (C=S) groups is 1. The number of carbonyl (C=O) groups is 1. The van der Waals surface area contributed by atoms with Crippen LogP contribution >= 0.6 is 35.7 Å². The first-order valence-electron chi connectivity index (χ1n) is 10.1. The van der Waals surface area contributed by atoms with Gasteiger partial charge in [0.2, 0.25) is 0 Å². The lowest BCUT2D eigenvalue weighted by Crippen LogP contribution is -2.27. The van der Waals surface area contributed by atoms with Gasteiger partial charge in [-0.2, -0.15) is 0 Å². The SMILES string of the molecule is Cc1ccc(Sc2ccc(/C=C3\SC(=S)N(c4ccc(C)c(C)c4)C3=O)cc2[N+](=O)[O-])cc1. The molecule has 5 nitrogen and oxygen atoms in total. The van der Waals surface area contributed by atoms with Crippen molar-refractivity contribution in [2.75, 3.05) is 4.90 Å². The van der Waals surface area contributed by atoms with Gasteiger partial charge < -0.3 is 0 Å². The first-order chi connectivity index (χ1) is 15.7. The maximum atomic E-state index is 13.1. The van der Waals surface area contributed by atoms with Crippen molar-refractivity contribution in [2.24, 2.45) is 0 Å². The summed E-state index contributed by atoms with van der Waals surface area (Å²) in [6.45, 7) is 5.99. The van der Waals surface area contributed by atoms with Crippen LogP contribution in [0.25, 0.3) is 6.08 Å². The fraction of sp³-hybridized carbons (Fsp3) is 0.120. The summed E-state index contributed by atoms with van der Waals surface area (Å²) < 4.78 is 0.440. The summed E-state index contributed by atoms with van der Waals surface area (Å²) in [4.78, 5) is 27.8. The van der Waals surface area contributed by atoms with E-state index in [1.165, 1.54) is 34.5 Å². The molecular weight excluding hydrogens is 472 g/mol. The number of anilines is 1. The number of hydrogen-bond acceptors (Lipinski definition) is 6.